The Morgan fingerprint density at radius 1 is 0.861 bits per heavy atom. The van der Waals surface area contributed by atoms with Gasteiger partial charge in [0.2, 0.25) is 0 Å². The monoisotopic (exact) mass is 483 g/mol. The van der Waals surface area contributed by atoms with E-state index in [0.29, 0.717) is 36.3 Å². The second kappa shape index (κ2) is 9.19. The first kappa shape index (κ1) is 23.7. The van der Waals surface area contributed by atoms with Crippen LogP contribution >= 0.6 is 0 Å². The maximum Gasteiger partial charge on any atom is 0.411 e. The maximum atomic E-state index is 13.4. The number of hydrogen-bond donors (Lipinski definition) is 1. The molecule has 6 nitrogen and oxygen atoms in total. The molecule has 5 rings (SSSR count). The number of fused-ring (bicyclic) bond motifs is 2. The number of amides is 1. The van der Waals surface area contributed by atoms with Crippen LogP contribution in [0.25, 0.3) is 32.7 Å². The maximum absolute atomic E-state index is 13.4. The molecule has 6 heteroatoms. The summed E-state index contributed by atoms with van der Waals surface area (Å²) in [4.78, 5) is 27.6. The normalized spacial score (nSPS) is 15.9. The molecule has 1 atom stereocenters. The molecule has 4 aromatic rings. The van der Waals surface area contributed by atoms with E-state index < -0.39 is 23.7 Å². The van der Waals surface area contributed by atoms with Gasteiger partial charge in [-0.2, -0.15) is 0 Å². The third-order valence-electron chi connectivity index (χ3n) is 6.41. The molecule has 1 saturated heterocycles. The highest BCUT2D eigenvalue weighted by Gasteiger charge is 2.38. The predicted octanol–water partition coefficient (Wildman–Crippen LogP) is 6.67. The Bertz CT molecular complexity index is 1470. The second-order valence-corrected chi connectivity index (χ2v) is 10.1. The molecule has 4 aromatic carbocycles. The Labute approximate surface area is 210 Å². The fourth-order valence-electron chi connectivity index (χ4n) is 4.84. The zero-order chi connectivity index (χ0) is 25.4. The highest BCUT2D eigenvalue weighted by molar-refractivity contribution is 6.10. The number of hydrogen-bond acceptors (Lipinski definition) is 5. The summed E-state index contributed by atoms with van der Waals surface area (Å²) in [5.74, 6) is -0.0883. The lowest BCUT2D eigenvalue weighted by Crippen LogP contribution is -2.44. The van der Waals surface area contributed by atoms with E-state index in [4.69, 9.17) is 9.47 Å². The van der Waals surface area contributed by atoms with Gasteiger partial charge in [-0.15, -0.1) is 0 Å². The number of esters is 1. The quantitative estimate of drug-likeness (QED) is 0.260. The van der Waals surface area contributed by atoms with Crippen LogP contribution in [0.4, 0.5) is 4.79 Å². The number of nitrogens with zero attached hydrogens (tertiary/aromatic N) is 1. The SMILES string of the molecule is CC(C)(C)OC(=O)N1CCCC1C(=O)Oc1ccc2ccccc2c1-c1c(O)ccc2ccccc12. The Morgan fingerprint density at radius 2 is 1.47 bits per heavy atom. The van der Waals surface area contributed by atoms with E-state index in [1.807, 2.05) is 60.7 Å². The number of ether oxygens (including phenoxy) is 2. The standard InChI is InChI=1S/C30H29NO5/c1-30(2,3)36-29(34)31-18-8-13-23(31)28(33)35-25-17-15-20-10-5-7-12-22(20)27(25)26-21-11-6-4-9-19(21)14-16-24(26)32/h4-7,9-12,14-17,23,32H,8,13,18H2,1-3H3. The fraction of sp³-hybridized carbons (Fsp3) is 0.267. The van der Waals surface area contributed by atoms with Crippen molar-refractivity contribution < 1.29 is 24.2 Å². The Balaban J connectivity index is 1.59. The molecule has 1 aliphatic rings. The summed E-state index contributed by atoms with van der Waals surface area (Å²) >= 11 is 0. The van der Waals surface area contributed by atoms with Gasteiger partial charge in [-0.1, -0.05) is 60.7 Å². The van der Waals surface area contributed by atoms with Gasteiger partial charge in [0.25, 0.3) is 0 Å². The number of phenolic OH excluding ortho intramolecular Hbond substituents is 1. The summed E-state index contributed by atoms with van der Waals surface area (Å²) in [6, 6.07) is 22.0. The Morgan fingerprint density at radius 3 is 2.14 bits per heavy atom. The summed E-state index contributed by atoms with van der Waals surface area (Å²) in [6.07, 6.45) is 0.668. The molecule has 0 spiro atoms. The zero-order valence-corrected chi connectivity index (χ0v) is 20.7. The summed E-state index contributed by atoms with van der Waals surface area (Å²) in [6.45, 7) is 5.83. The van der Waals surface area contributed by atoms with Gasteiger partial charge in [-0.25, -0.2) is 9.59 Å². The van der Waals surface area contributed by atoms with Gasteiger partial charge in [0.05, 0.1) is 0 Å². The summed E-state index contributed by atoms with van der Waals surface area (Å²) in [5, 5.41) is 14.6. The average Bonchev–Trinajstić information content (AvgIpc) is 3.34. The first-order valence-electron chi connectivity index (χ1n) is 12.2. The van der Waals surface area contributed by atoms with Crippen LogP contribution in [0.1, 0.15) is 33.6 Å². The van der Waals surface area contributed by atoms with Crippen LogP contribution in [0.15, 0.2) is 72.8 Å². The van der Waals surface area contributed by atoms with Gasteiger partial charge >= 0.3 is 12.1 Å². The fourth-order valence-corrected chi connectivity index (χ4v) is 4.84. The molecule has 0 aliphatic carbocycles. The minimum absolute atomic E-state index is 0.0959. The molecule has 0 radical (unpaired) electrons. The van der Waals surface area contributed by atoms with Gasteiger partial charge in [0, 0.05) is 17.7 Å². The highest BCUT2D eigenvalue weighted by Crippen LogP contribution is 2.45. The van der Waals surface area contributed by atoms with Crippen molar-refractivity contribution in [2.75, 3.05) is 6.54 Å². The summed E-state index contributed by atoms with van der Waals surface area (Å²) in [5.41, 5.74) is 0.576. The third kappa shape index (κ3) is 4.47. The van der Waals surface area contributed by atoms with E-state index >= 15 is 0 Å². The number of likely N-dealkylation sites (tertiary alicyclic amines) is 1. The molecule has 36 heavy (non-hydrogen) atoms. The largest absolute Gasteiger partial charge is 0.507 e. The van der Waals surface area contributed by atoms with Crippen LogP contribution in [0.3, 0.4) is 0 Å². The van der Waals surface area contributed by atoms with Crippen molar-refractivity contribution >= 4 is 33.6 Å². The molecule has 1 unspecified atom stereocenters. The number of aromatic hydroxyl groups is 1. The van der Waals surface area contributed by atoms with Crippen LogP contribution in [0.2, 0.25) is 0 Å². The highest BCUT2D eigenvalue weighted by atomic mass is 16.6. The lowest BCUT2D eigenvalue weighted by atomic mass is 9.92. The van der Waals surface area contributed by atoms with Gasteiger partial charge in [0.1, 0.15) is 23.1 Å². The van der Waals surface area contributed by atoms with E-state index in [2.05, 4.69) is 0 Å². The van der Waals surface area contributed by atoms with E-state index in [9.17, 15) is 14.7 Å². The van der Waals surface area contributed by atoms with Crippen LogP contribution in [-0.4, -0.2) is 40.3 Å². The molecule has 0 saturated carbocycles. The molecule has 184 valence electrons. The molecule has 0 bridgehead atoms. The number of benzene rings is 4. The molecule has 1 N–H and O–H groups in total. The van der Waals surface area contributed by atoms with Crippen molar-refractivity contribution in [1.82, 2.24) is 4.90 Å². The summed E-state index contributed by atoms with van der Waals surface area (Å²) < 4.78 is 11.5. The van der Waals surface area contributed by atoms with Gasteiger partial charge in [-0.3, -0.25) is 4.90 Å². The van der Waals surface area contributed by atoms with E-state index in [1.165, 1.54) is 4.90 Å². The lowest BCUT2D eigenvalue weighted by Gasteiger charge is -2.27. The van der Waals surface area contributed by atoms with Gasteiger partial charge < -0.3 is 14.6 Å². The van der Waals surface area contributed by atoms with Crippen LogP contribution in [0.5, 0.6) is 11.5 Å². The molecule has 0 aromatic heterocycles. The average molecular weight is 484 g/mol. The zero-order valence-electron chi connectivity index (χ0n) is 20.7. The van der Waals surface area contributed by atoms with Crippen LogP contribution < -0.4 is 4.74 Å². The summed E-state index contributed by atoms with van der Waals surface area (Å²) in [7, 11) is 0. The molecule has 1 amide bonds. The predicted molar refractivity (Wildman–Crippen MR) is 140 cm³/mol. The number of rotatable bonds is 3. The molecular formula is C30H29NO5. The minimum atomic E-state index is -0.736. The van der Waals surface area contributed by atoms with E-state index in [1.54, 1.807) is 32.9 Å². The third-order valence-corrected chi connectivity index (χ3v) is 6.41. The van der Waals surface area contributed by atoms with Crippen LogP contribution in [0, 0.1) is 0 Å². The van der Waals surface area contributed by atoms with Gasteiger partial charge in [0.15, 0.2) is 0 Å². The van der Waals surface area contributed by atoms with Gasteiger partial charge in [-0.05, 0) is 67.3 Å². The Hall–Kier alpha value is -4.06. The van der Waals surface area contributed by atoms with E-state index in [0.717, 1.165) is 21.5 Å². The topological polar surface area (TPSA) is 76.1 Å². The smallest absolute Gasteiger partial charge is 0.411 e. The van der Waals surface area contributed by atoms with Crippen molar-refractivity contribution in [2.45, 2.75) is 45.3 Å². The number of phenols is 1. The van der Waals surface area contributed by atoms with Crippen molar-refractivity contribution in [3.63, 3.8) is 0 Å². The van der Waals surface area contributed by atoms with Crippen molar-refractivity contribution in [3.8, 4) is 22.6 Å². The van der Waals surface area contributed by atoms with Crippen LogP contribution in [-0.2, 0) is 9.53 Å². The minimum Gasteiger partial charge on any atom is -0.507 e. The first-order chi connectivity index (χ1) is 17.2. The Kier molecular flexibility index (Phi) is 6.04. The molecular weight excluding hydrogens is 454 g/mol. The molecule has 1 aliphatic heterocycles. The number of carbonyl (C=O) groups is 2. The van der Waals surface area contributed by atoms with Crippen molar-refractivity contribution in [2.24, 2.45) is 0 Å². The molecule has 1 heterocycles. The number of carbonyl (C=O) groups excluding carboxylic acids is 2. The first-order valence-corrected chi connectivity index (χ1v) is 12.2. The second-order valence-electron chi connectivity index (χ2n) is 10.1. The lowest BCUT2D eigenvalue weighted by molar-refractivity contribution is -0.139. The van der Waals surface area contributed by atoms with Crippen molar-refractivity contribution in [1.29, 1.82) is 0 Å². The van der Waals surface area contributed by atoms with Crippen molar-refractivity contribution in [3.05, 3.63) is 72.8 Å². The van der Waals surface area contributed by atoms with E-state index in [-0.39, 0.29) is 5.75 Å². The molecule has 1 fully saturated rings.